The molecule has 5 atom stereocenters. The summed E-state index contributed by atoms with van der Waals surface area (Å²) in [6.07, 6.45) is 1.17. The molecule has 5 unspecified atom stereocenters. The molecule has 0 bridgehead atoms. The maximum Gasteiger partial charge on any atom is 0.144 e. The number of carbonyl (C=O) groups excluding carboxylic acids is 1. The quantitative estimate of drug-likeness (QED) is 0.698. The summed E-state index contributed by atoms with van der Waals surface area (Å²) in [7, 11) is 0. The van der Waals surface area contributed by atoms with Gasteiger partial charge in [-0.1, -0.05) is 6.92 Å². The van der Waals surface area contributed by atoms with Gasteiger partial charge in [0, 0.05) is 18.4 Å². The van der Waals surface area contributed by atoms with Gasteiger partial charge in [0.2, 0.25) is 0 Å². The molecule has 2 saturated heterocycles. The fourth-order valence-electron chi connectivity index (χ4n) is 2.79. The van der Waals surface area contributed by atoms with E-state index >= 15 is 0 Å². The van der Waals surface area contributed by atoms with Gasteiger partial charge in [-0.15, -0.1) is 0 Å². The molecule has 0 spiro atoms. The molecule has 3 heteroatoms. The number of hydrogen-bond donors (Lipinski definition) is 0. The zero-order valence-electron chi connectivity index (χ0n) is 9.73. The Labute approximate surface area is 91.1 Å². The van der Waals surface area contributed by atoms with Crippen LogP contribution in [-0.2, 0) is 14.3 Å². The zero-order chi connectivity index (χ0) is 11.0. The molecule has 2 heterocycles. The predicted octanol–water partition coefficient (Wildman–Crippen LogP) is 1.65. The molecule has 15 heavy (non-hydrogen) atoms. The first kappa shape index (κ1) is 11.1. The molecule has 0 aliphatic carbocycles. The summed E-state index contributed by atoms with van der Waals surface area (Å²) < 4.78 is 11.0. The Morgan fingerprint density at radius 2 is 1.93 bits per heavy atom. The van der Waals surface area contributed by atoms with Crippen molar-refractivity contribution in [3.63, 3.8) is 0 Å². The van der Waals surface area contributed by atoms with Crippen molar-refractivity contribution in [3.8, 4) is 0 Å². The zero-order valence-corrected chi connectivity index (χ0v) is 9.73. The predicted molar refractivity (Wildman–Crippen MR) is 56.6 cm³/mol. The van der Waals surface area contributed by atoms with Gasteiger partial charge in [-0.25, -0.2) is 0 Å². The van der Waals surface area contributed by atoms with Crippen LogP contribution < -0.4 is 0 Å². The van der Waals surface area contributed by atoms with Gasteiger partial charge in [-0.05, 0) is 26.2 Å². The Kier molecular flexibility index (Phi) is 3.12. The Morgan fingerprint density at radius 3 is 2.40 bits per heavy atom. The fourth-order valence-corrected chi connectivity index (χ4v) is 2.79. The van der Waals surface area contributed by atoms with Crippen molar-refractivity contribution in [2.45, 2.75) is 39.4 Å². The second-order valence-corrected chi connectivity index (χ2v) is 4.89. The van der Waals surface area contributed by atoms with E-state index in [4.69, 9.17) is 9.47 Å². The van der Waals surface area contributed by atoms with E-state index in [9.17, 15) is 4.79 Å². The number of Topliss-reactive ketones (excluding diaryl/α,β-unsaturated/α-hetero) is 1. The van der Waals surface area contributed by atoms with Crippen LogP contribution in [0.1, 0.15) is 27.2 Å². The minimum Gasteiger partial charge on any atom is -0.381 e. The smallest absolute Gasteiger partial charge is 0.144 e. The van der Waals surface area contributed by atoms with E-state index in [1.54, 1.807) is 0 Å². The van der Waals surface area contributed by atoms with Crippen LogP contribution in [0.25, 0.3) is 0 Å². The second kappa shape index (κ2) is 4.22. The fraction of sp³-hybridized carbons (Fsp3) is 0.917. The van der Waals surface area contributed by atoms with Crippen molar-refractivity contribution in [1.29, 1.82) is 0 Å². The number of ether oxygens (including phenoxy) is 2. The van der Waals surface area contributed by atoms with E-state index in [-0.39, 0.29) is 24.0 Å². The lowest BCUT2D eigenvalue weighted by Gasteiger charge is -2.19. The first-order valence-corrected chi connectivity index (χ1v) is 5.88. The maximum absolute atomic E-state index is 12.3. The Hall–Kier alpha value is -0.410. The minimum absolute atomic E-state index is 0.0723. The van der Waals surface area contributed by atoms with Crippen molar-refractivity contribution >= 4 is 5.78 Å². The van der Waals surface area contributed by atoms with Crippen molar-refractivity contribution in [2.24, 2.45) is 17.8 Å². The first-order valence-electron chi connectivity index (χ1n) is 5.88. The van der Waals surface area contributed by atoms with Crippen molar-refractivity contribution < 1.29 is 14.3 Å². The standard InChI is InChI=1S/C12H20O3/c1-7-8(2)15-9(3)11(7)12(13)10-4-5-14-6-10/h7-11H,4-6H2,1-3H3. The van der Waals surface area contributed by atoms with Gasteiger partial charge in [0.1, 0.15) is 5.78 Å². The average Bonchev–Trinajstić information content (AvgIpc) is 2.76. The van der Waals surface area contributed by atoms with Crippen molar-refractivity contribution in [2.75, 3.05) is 13.2 Å². The summed E-state index contributed by atoms with van der Waals surface area (Å²) in [5, 5.41) is 0. The van der Waals surface area contributed by atoms with Gasteiger partial charge in [0.15, 0.2) is 0 Å². The molecule has 86 valence electrons. The van der Waals surface area contributed by atoms with Crippen LogP contribution in [0.2, 0.25) is 0 Å². The molecule has 2 aliphatic heterocycles. The van der Waals surface area contributed by atoms with Crippen LogP contribution >= 0.6 is 0 Å². The Bertz CT molecular complexity index is 245. The van der Waals surface area contributed by atoms with E-state index < -0.39 is 0 Å². The number of hydrogen-bond acceptors (Lipinski definition) is 3. The molecule has 0 radical (unpaired) electrons. The topological polar surface area (TPSA) is 35.5 Å². The van der Waals surface area contributed by atoms with E-state index in [2.05, 4.69) is 13.8 Å². The van der Waals surface area contributed by atoms with Crippen LogP contribution in [0, 0.1) is 17.8 Å². The van der Waals surface area contributed by atoms with Gasteiger partial charge >= 0.3 is 0 Å². The molecule has 0 aromatic rings. The SMILES string of the molecule is CC1OC(C)C(C(=O)C2CCOC2)C1C. The highest BCUT2D eigenvalue weighted by atomic mass is 16.5. The van der Waals surface area contributed by atoms with E-state index in [1.807, 2.05) is 6.92 Å². The van der Waals surface area contributed by atoms with Crippen LogP contribution in [0.5, 0.6) is 0 Å². The minimum atomic E-state index is 0.0723. The highest BCUT2D eigenvalue weighted by molar-refractivity contribution is 5.84. The summed E-state index contributed by atoms with van der Waals surface area (Å²) in [5.74, 6) is 0.894. The van der Waals surface area contributed by atoms with E-state index in [0.29, 0.717) is 18.3 Å². The largest absolute Gasteiger partial charge is 0.381 e. The molecule has 0 amide bonds. The van der Waals surface area contributed by atoms with Gasteiger partial charge < -0.3 is 9.47 Å². The molecule has 0 saturated carbocycles. The molecule has 0 aromatic carbocycles. The molecule has 0 N–H and O–H groups in total. The highest BCUT2D eigenvalue weighted by Gasteiger charge is 2.44. The molecular formula is C12H20O3. The van der Waals surface area contributed by atoms with Gasteiger partial charge in [0.25, 0.3) is 0 Å². The van der Waals surface area contributed by atoms with Gasteiger partial charge in [-0.2, -0.15) is 0 Å². The molecular weight excluding hydrogens is 192 g/mol. The number of ketones is 1. The van der Waals surface area contributed by atoms with Crippen molar-refractivity contribution in [1.82, 2.24) is 0 Å². The normalized spacial score (nSPS) is 45.9. The second-order valence-electron chi connectivity index (χ2n) is 4.89. The Balaban J connectivity index is 2.05. The monoisotopic (exact) mass is 212 g/mol. The van der Waals surface area contributed by atoms with E-state index in [1.165, 1.54) is 0 Å². The third-order valence-corrected chi connectivity index (χ3v) is 3.90. The lowest BCUT2D eigenvalue weighted by Crippen LogP contribution is -2.32. The summed E-state index contributed by atoms with van der Waals surface area (Å²) >= 11 is 0. The molecule has 2 fully saturated rings. The van der Waals surface area contributed by atoms with Crippen LogP contribution in [0.15, 0.2) is 0 Å². The average molecular weight is 212 g/mol. The third kappa shape index (κ3) is 1.95. The highest BCUT2D eigenvalue weighted by Crippen LogP contribution is 2.35. The summed E-state index contributed by atoms with van der Waals surface area (Å²) in [5.41, 5.74) is 0. The van der Waals surface area contributed by atoms with Gasteiger partial charge in [-0.3, -0.25) is 4.79 Å². The summed E-state index contributed by atoms with van der Waals surface area (Å²) in [6, 6.07) is 0. The first-order chi connectivity index (χ1) is 7.11. The number of carbonyl (C=O) groups is 1. The molecule has 0 aromatic heterocycles. The summed E-state index contributed by atoms with van der Waals surface area (Å²) in [6.45, 7) is 7.54. The lowest BCUT2D eigenvalue weighted by molar-refractivity contribution is -0.129. The van der Waals surface area contributed by atoms with E-state index in [0.717, 1.165) is 13.0 Å². The number of rotatable bonds is 2. The van der Waals surface area contributed by atoms with Crippen LogP contribution in [0.4, 0.5) is 0 Å². The molecule has 2 rings (SSSR count). The molecule has 2 aliphatic rings. The van der Waals surface area contributed by atoms with Crippen LogP contribution in [-0.4, -0.2) is 31.2 Å². The van der Waals surface area contributed by atoms with Gasteiger partial charge in [0.05, 0.1) is 18.8 Å². The Morgan fingerprint density at radius 1 is 1.20 bits per heavy atom. The third-order valence-electron chi connectivity index (χ3n) is 3.90. The molecule has 3 nitrogen and oxygen atoms in total. The maximum atomic E-state index is 12.3. The summed E-state index contributed by atoms with van der Waals surface area (Å²) in [4.78, 5) is 12.3. The lowest BCUT2D eigenvalue weighted by atomic mass is 9.81. The van der Waals surface area contributed by atoms with Crippen molar-refractivity contribution in [3.05, 3.63) is 0 Å². The van der Waals surface area contributed by atoms with Crippen LogP contribution in [0.3, 0.4) is 0 Å².